The van der Waals surface area contributed by atoms with Crippen LogP contribution in [0.25, 0.3) is 10.6 Å². The molecule has 0 aliphatic carbocycles. The first-order valence-electron chi connectivity index (χ1n) is 4.54. The van der Waals surface area contributed by atoms with E-state index in [1.54, 1.807) is 11.3 Å². The van der Waals surface area contributed by atoms with Crippen molar-refractivity contribution in [3.05, 3.63) is 32.2 Å². The average Bonchev–Trinajstić information content (AvgIpc) is 2.65. The molecule has 0 saturated carbocycles. The van der Waals surface area contributed by atoms with Crippen LogP contribution in [0, 0.1) is 0 Å². The van der Waals surface area contributed by atoms with Crippen molar-refractivity contribution in [2.24, 2.45) is 0 Å². The predicted octanol–water partition coefficient (Wildman–Crippen LogP) is 4.51. The number of hydrogen-bond acceptors (Lipinski definition) is 3. The van der Waals surface area contributed by atoms with Gasteiger partial charge in [-0.05, 0) is 18.2 Å². The molecule has 16 heavy (non-hydrogen) atoms. The van der Waals surface area contributed by atoms with Crippen LogP contribution in [-0.4, -0.2) is 16.1 Å². The zero-order valence-electron chi connectivity index (χ0n) is 8.08. The summed E-state index contributed by atoms with van der Waals surface area (Å²) in [6, 6.07) is 6.04. The summed E-state index contributed by atoms with van der Waals surface area (Å²) >= 11 is 14.2. The quantitative estimate of drug-likeness (QED) is 0.730. The Labute approximate surface area is 119 Å². The van der Waals surface area contributed by atoms with Crippen LogP contribution in [0.5, 0.6) is 0 Å². The molecule has 0 fully saturated rings. The molecule has 0 atom stereocenters. The Hall–Kier alpha value is 0.0300. The SMILES string of the molecule is ClCCc1nnc(-c2cc(Br)cc(Br)c2)s1. The summed E-state index contributed by atoms with van der Waals surface area (Å²) in [5, 5.41) is 10.1. The molecule has 0 spiro atoms. The number of aryl methyl sites for hydroxylation is 1. The fourth-order valence-corrected chi connectivity index (χ4v) is 3.64. The summed E-state index contributed by atoms with van der Waals surface area (Å²) in [5.41, 5.74) is 1.06. The van der Waals surface area contributed by atoms with Crippen molar-refractivity contribution in [1.29, 1.82) is 0 Å². The minimum Gasteiger partial charge on any atom is -0.143 e. The zero-order chi connectivity index (χ0) is 11.5. The molecular weight excluding hydrogens is 375 g/mol. The van der Waals surface area contributed by atoms with E-state index in [-0.39, 0.29) is 0 Å². The van der Waals surface area contributed by atoms with Crippen LogP contribution < -0.4 is 0 Å². The van der Waals surface area contributed by atoms with Gasteiger partial charge < -0.3 is 0 Å². The van der Waals surface area contributed by atoms with Gasteiger partial charge in [0.05, 0.1) is 0 Å². The summed E-state index contributed by atoms with van der Waals surface area (Å²) < 4.78 is 2.04. The highest BCUT2D eigenvalue weighted by molar-refractivity contribution is 9.11. The first-order chi connectivity index (χ1) is 7.69. The second-order valence-electron chi connectivity index (χ2n) is 3.10. The van der Waals surface area contributed by atoms with Crippen molar-refractivity contribution in [1.82, 2.24) is 10.2 Å². The van der Waals surface area contributed by atoms with E-state index in [0.717, 1.165) is 30.9 Å². The molecule has 2 nitrogen and oxygen atoms in total. The van der Waals surface area contributed by atoms with Crippen molar-refractivity contribution < 1.29 is 0 Å². The third kappa shape index (κ3) is 3.03. The van der Waals surface area contributed by atoms with Gasteiger partial charge in [0.2, 0.25) is 0 Å². The molecule has 0 unspecified atom stereocenters. The highest BCUT2D eigenvalue weighted by Crippen LogP contribution is 2.29. The number of aromatic nitrogens is 2. The van der Waals surface area contributed by atoms with Crippen molar-refractivity contribution in [3.63, 3.8) is 0 Å². The Balaban J connectivity index is 2.34. The molecule has 84 valence electrons. The lowest BCUT2D eigenvalue weighted by atomic mass is 10.2. The molecule has 1 aromatic heterocycles. The number of rotatable bonds is 3. The van der Waals surface area contributed by atoms with E-state index in [9.17, 15) is 0 Å². The van der Waals surface area contributed by atoms with Gasteiger partial charge in [0.1, 0.15) is 10.0 Å². The van der Waals surface area contributed by atoms with Crippen molar-refractivity contribution >= 4 is 54.8 Å². The van der Waals surface area contributed by atoms with Crippen LogP contribution in [0.1, 0.15) is 5.01 Å². The minimum absolute atomic E-state index is 0.580. The summed E-state index contributed by atoms with van der Waals surface area (Å²) in [5.74, 6) is 0.580. The van der Waals surface area contributed by atoms with Gasteiger partial charge in [-0.2, -0.15) is 0 Å². The topological polar surface area (TPSA) is 25.8 Å². The van der Waals surface area contributed by atoms with Crippen LogP contribution in [-0.2, 0) is 6.42 Å². The molecule has 0 aliphatic heterocycles. The van der Waals surface area contributed by atoms with Crippen molar-refractivity contribution in [2.45, 2.75) is 6.42 Å². The number of halogens is 3. The molecule has 1 heterocycles. The minimum atomic E-state index is 0.580. The lowest BCUT2D eigenvalue weighted by Gasteiger charge is -1.98. The predicted molar refractivity (Wildman–Crippen MR) is 75.2 cm³/mol. The molecule has 0 bridgehead atoms. The fraction of sp³-hybridized carbons (Fsp3) is 0.200. The smallest absolute Gasteiger partial charge is 0.143 e. The fourth-order valence-electron chi connectivity index (χ4n) is 1.23. The Morgan fingerprint density at radius 2 is 1.81 bits per heavy atom. The standard InChI is InChI=1S/C10H7Br2ClN2S/c11-7-3-6(4-8(12)5-7)10-15-14-9(16-10)1-2-13/h3-5H,1-2H2. The summed E-state index contributed by atoms with van der Waals surface area (Å²) in [4.78, 5) is 0. The lowest BCUT2D eigenvalue weighted by Crippen LogP contribution is -1.83. The van der Waals surface area contributed by atoms with Gasteiger partial charge in [-0.3, -0.25) is 0 Å². The maximum absolute atomic E-state index is 5.67. The van der Waals surface area contributed by atoms with Crippen molar-refractivity contribution in [3.8, 4) is 10.6 Å². The van der Waals surface area contributed by atoms with Crippen LogP contribution in [0.3, 0.4) is 0 Å². The molecule has 0 aliphatic rings. The van der Waals surface area contributed by atoms with Crippen molar-refractivity contribution in [2.75, 3.05) is 5.88 Å². The highest BCUT2D eigenvalue weighted by Gasteiger charge is 2.07. The van der Waals surface area contributed by atoms with E-state index in [4.69, 9.17) is 11.6 Å². The zero-order valence-corrected chi connectivity index (χ0v) is 12.8. The molecule has 0 amide bonds. The Morgan fingerprint density at radius 1 is 1.12 bits per heavy atom. The summed E-state index contributed by atoms with van der Waals surface area (Å²) in [6.07, 6.45) is 0.772. The molecule has 2 rings (SSSR count). The Kier molecular flexibility index (Phi) is 4.35. The monoisotopic (exact) mass is 380 g/mol. The first-order valence-corrected chi connectivity index (χ1v) is 7.47. The van der Waals surface area contributed by atoms with Gasteiger partial charge in [-0.15, -0.1) is 21.8 Å². The third-order valence-electron chi connectivity index (χ3n) is 1.88. The van der Waals surface area contributed by atoms with Gasteiger partial charge in [0.25, 0.3) is 0 Å². The number of hydrogen-bond donors (Lipinski definition) is 0. The third-order valence-corrected chi connectivity index (χ3v) is 4.02. The van der Waals surface area contributed by atoms with E-state index in [2.05, 4.69) is 42.1 Å². The molecule has 1 aromatic carbocycles. The average molecular weight is 383 g/mol. The van der Waals surface area contributed by atoms with E-state index in [0.29, 0.717) is 5.88 Å². The molecular formula is C10H7Br2ClN2S. The molecule has 6 heteroatoms. The molecule has 0 N–H and O–H groups in total. The molecule has 0 saturated heterocycles. The Morgan fingerprint density at radius 3 is 2.44 bits per heavy atom. The van der Waals surface area contributed by atoms with Crippen LogP contribution in [0.4, 0.5) is 0 Å². The van der Waals surface area contributed by atoms with E-state index < -0.39 is 0 Å². The first kappa shape index (κ1) is 12.5. The van der Waals surface area contributed by atoms with Crippen LogP contribution >= 0.6 is 54.8 Å². The van der Waals surface area contributed by atoms with E-state index in [1.807, 2.05) is 18.2 Å². The van der Waals surface area contributed by atoms with Crippen LogP contribution in [0.2, 0.25) is 0 Å². The maximum Gasteiger partial charge on any atom is 0.147 e. The Bertz CT molecular complexity index is 481. The number of benzene rings is 1. The van der Waals surface area contributed by atoms with Gasteiger partial charge in [-0.25, -0.2) is 0 Å². The van der Waals surface area contributed by atoms with Crippen LogP contribution in [0.15, 0.2) is 27.1 Å². The lowest BCUT2D eigenvalue weighted by molar-refractivity contribution is 0.990. The normalized spacial score (nSPS) is 10.7. The number of alkyl halides is 1. The second-order valence-corrected chi connectivity index (χ2v) is 6.37. The molecule has 0 radical (unpaired) electrons. The van der Waals surface area contributed by atoms with Gasteiger partial charge in [0, 0.05) is 26.8 Å². The van der Waals surface area contributed by atoms with Gasteiger partial charge >= 0.3 is 0 Å². The maximum atomic E-state index is 5.67. The molecule has 2 aromatic rings. The van der Waals surface area contributed by atoms with Gasteiger partial charge in [-0.1, -0.05) is 43.2 Å². The highest BCUT2D eigenvalue weighted by atomic mass is 79.9. The number of nitrogens with zero attached hydrogens (tertiary/aromatic N) is 2. The largest absolute Gasteiger partial charge is 0.147 e. The summed E-state index contributed by atoms with van der Waals surface area (Å²) in [7, 11) is 0. The van der Waals surface area contributed by atoms with E-state index >= 15 is 0 Å². The van der Waals surface area contributed by atoms with E-state index in [1.165, 1.54) is 0 Å². The van der Waals surface area contributed by atoms with Gasteiger partial charge in [0.15, 0.2) is 0 Å². The second kappa shape index (κ2) is 5.58. The summed E-state index contributed by atoms with van der Waals surface area (Å²) in [6.45, 7) is 0.